The Kier molecular flexibility index (Phi) is 7.87. The van der Waals surface area contributed by atoms with Crippen molar-refractivity contribution in [3.63, 3.8) is 0 Å². The highest BCUT2D eigenvalue weighted by molar-refractivity contribution is 5.90. The first-order valence-corrected chi connectivity index (χ1v) is 7.00. The highest BCUT2D eigenvalue weighted by Gasteiger charge is 2.05. The number of ether oxygens (including phenoxy) is 1. The fourth-order valence-corrected chi connectivity index (χ4v) is 1.72. The molecule has 0 aliphatic heterocycles. The Morgan fingerprint density at radius 2 is 2.00 bits per heavy atom. The van der Waals surface area contributed by atoms with Gasteiger partial charge in [-0.15, -0.1) is 0 Å². The summed E-state index contributed by atoms with van der Waals surface area (Å²) in [5.74, 6) is 0.0220. The highest BCUT2D eigenvalue weighted by Crippen LogP contribution is 2.09. The minimum atomic E-state index is 0.0220. The van der Waals surface area contributed by atoms with Gasteiger partial charge in [0.2, 0.25) is 5.91 Å². The van der Waals surface area contributed by atoms with Gasteiger partial charge in [-0.3, -0.25) is 4.79 Å². The van der Waals surface area contributed by atoms with E-state index in [1.807, 2.05) is 38.2 Å². The summed E-state index contributed by atoms with van der Waals surface area (Å²) >= 11 is 0. The van der Waals surface area contributed by atoms with Crippen LogP contribution in [0.5, 0.6) is 0 Å². The zero-order valence-corrected chi connectivity index (χ0v) is 12.4. The van der Waals surface area contributed by atoms with Crippen molar-refractivity contribution in [3.8, 4) is 0 Å². The number of carbonyl (C=O) groups excluding carboxylic acids is 1. The molecule has 0 atom stereocenters. The molecule has 3 N–H and O–H groups in total. The Balaban J connectivity index is 2.25. The van der Waals surface area contributed by atoms with Crippen molar-refractivity contribution in [2.24, 2.45) is 5.73 Å². The molecule has 0 aromatic heterocycles. The lowest BCUT2D eigenvalue weighted by Gasteiger charge is -2.16. The van der Waals surface area contributed by atoms with Crippen LogP contribution in [0.1, 0.15) is 18.9 Å². The van der Waals surface area contributed by atoms with Gasteiger partial charge in [0, 0.05) is 38.3 Å². The van der Waals surface area contributed by atoms with E-state index in [1.165, 1.54) is 0 Å². The molecule has 1 aromatic carbocycles. The monoisotopic (exact) mass is 279 g/mol. The predicted molar refractivity (Wildman–Crippen MR) is 81.6 cm³/mol. The van der Waals surface area contributed by atoms with Gasteiger partial charge in [0.15, 0.2) is 0 Å². The summed E-state index contributed by atoms with van der Waals surface area (Å²) in [7, 11) is 1.99. The summed E-state index contributed by atoms with van der Waals surface area (Å²) in [6, 6.07) is 7.59. The van der Waals surface area contributed by atoms with Gasteiger partial charge in [0.25, 0.3) is 0 Å². The fraction of sp³-hybridized carbons (Fsp3) is 0.533. The maximum atomic E-state index is 11.8. The van der Waals surface area contributed by atoms with Crippen LogP contribution >= 0.6 is 0 Å². The third-order valence-corrected chi connectivity index (χ3v) is 3.02. The Bertz CT molecular complexity index is 393. The summed E-state index contributed by atoms with van der Waals surface area (Å²) in [5, 5.41) is 2.88. The van der Waals surface area contributed by atoms with Gasteiger partial charge in [-0.2, -0.15) is 0 Å². The molecule has 20 heavy (non-hydrogen) atoms. The van der Waals surface area contributed by atoms with E-state index in [-0.39, 0.29) is 5.91 Å². The third kappa shape index (κ3) is 6.65. The molecule has 0 aliphatic rings. The lowest BCUT2D eigenvalue weighted by atomic mass is 10.2. The Morgan fingerprint density at radius 3 is 2.60 bits per heavy atom. The van der Waals surface area contributed by atoms with Crippen molar-refractivity contribution in [1.29, 1.82) is 0 Å². The smallest absolute Gasteiger partial charge is 0.225 e. The second kappa shape index (κ2) is 9.47. The molecule has 5 heteroatoms. The molecule has 0 radical (unpaired) electrons. The third-order valence-electron chi connectivity index (χ3n) is 3.02. The van der Waals surface area contributed by atoms with Gasteiger partial charge in [0.1, 0.15) is 0 Å². The summed E-state index contributed by atoms with van der Waals surface area (Å²) < 4.78 is 5.28. The number of hydrogen-bond donors (Lipinski definition) is 2. The molecule has 0 spiro atoms. The molecule has 0 bridgehead atoms. The Labute approximate surface area is 121 Å². The molecule has 112 valence electrons. The van der Waals surface area contributed by atoms with Crippen molar-refractivity contribution in [1.82, 2.24) is 4.90 Å². The first kappa shape index (κ1) is 16.6. The Hall–Kier alpha value is -1.43. The number of carbonyl (C=O) groups is 1. The lowest BCUT2D eigenvalue weighted by molar-refractivity contribution is -0.116. The van der Waals surface area contributed by atoms with Crippen LogP contribution in [0.2, 0.25) is 0 Å². The van der Waals surface area contributed by atoms with Crippen molar-refractivity contribution >= 4 is 11.6 Å². The normalized spacial score (nSPS) is 10.8. The van der Waals surface area contributed by atoms with Crippen LogP contribution in [0, 0.1) is 0 Å². The first-order chi connectivity index (χ1) is 9.65. The van der Waals surface area contributed by atoms with Crippen molar-refractivity contribution in [2.45, 2.75) is 19.9 Å². The Morgan fingerprint density at radius 1 is 1.30 bits per heavy atom. The molecule has 0 unspecified atom stereocenters. The average Bonchev–Trinajstić information content (AvgIpc) is 2.46. The van der Waals surface area contributed by atoms with Gasteiger partial charge < -0.3 is 20.7 Å². The molecule has 1 amide bonds. The highest BCUT2D eigenvalue weighted by atomic mass is 16.5. The first-order valence-electron chi connectivity index (χ1n) is 7.00. The summed E-state index contributed by atoms with van der Waals surface area (Å²) in [4.78, 5) is 13.9. The number of amides is 1. The van der Waals surface area contributed by atoms with Gasteiger partial charge in [-0.25, -0.2) is 0 Å². The van der Waals surface area contributed by atoms with E-state index in [4.69, 9.17) is 10.5 Å². The van der Waals surface area contributed by atoms with Crippen LogP contribution in [0.25, 0.3) is 0 Å². The lowest BCUT2D eigenvalue weighted by Crippen LogP contribution is -2.27. The quantitative estimate of drug-likeness (QED) is 0.671. The van der Waals surface area contributed by atoms with Crippen LogP contribution in [0.3, 0.4) is 0 Å². The minimum absolute atomic E-state index is 0.0220. The summed E-state index contributed by atoms with van der Waals surface area (Å²) in [5.41, 5.74) is 7.39. The zero-order chi connectivity index (χ0) is 14.8. The second-order valence-electron chi connectivity index (χ2n) is 4.70. The van der Waals surface area contributed by atoms with Gasteiger partial charge in [-0.1, -0.05) is 12.1 Å². The number of anilines is 1. The molecule has 0 heterocycles. The molecule has 0 fully saturated rings. The van der Waals surface area contributed by atoms with Crippen LogP contribution in [-0.4, -0.2) is 44.2 Å². The number of likely N-dealkylation sites (N-methyl/N-ethyl adjacent to an activating group) is 1. The number of benzene rings is 1. The summed E-state index contributed by atoms with van der Waals surface area (Å²) in [6.45, 7) is 5.48. The van der Waals surface area contributed by atoms with Crippen molar-refractivity contribution in [3.05, 3.63) is 29.8 Å². The van der Waals surface area contributed by atoms with Crippen LogP contribution in [-0.2, 0) is 16.1 Å². The van der Waals surface area contributed by atoms with Crippen LogP contribution in [0.4, 0.5) is 5.69 Å². The number of nitrogens with zero attached hydrogens (tertiary/aromatic N) is 1. The van der Waals surface area contributed by atoms with Crippen LogP contribution < -0.4 is 11.1 Å². The molecule has 0 saturated heterocycles. The SMILES string of the molecule is CCOCCN(C)CCC(=O)Nc1ccc(CN)cc1. The number of rotatable bonds is 9. The number of nitrogens with two attached hydrogens (primary N) is 1. The maximum absolute atomic E-state index is 11.8. The summed E-state index contributed by atoms with van der Waals surface area (Å²) in [6.07, 6.45) is 0.473. The molecular formula is C15H25N3O2. The van der Waals surface area contributed by atoms with Crippen molar-refractivity contribution < 1.29 is 9.53 Å². The van der Waals surface area contributed by atoms with Gasteiger partial charge >= 0.3 is 0 Å². The fourth-order valence-electron chi connectivity index (χ4n) is 1.72. The van der Waals surface area contributed by atoms with Gasteiger partial charge in [0.05, 0.1) is 6.61 Å². The van der Waals surface area contributed by atoms with E-state index in [0.29, 0.717) is 19.6 Å². The van der Waals surface area contributed by atoms with Crippen LogP contribution in [0.15, 0.2) is 24.3 Å². The van der Waals surface area contributed by atoms with E-state index in [1.54, 1.807) is 0 Å². The number of hydrogen-bond acceptors (Lipinski definition) is 4. The number of nitrogens with one attached hydrogen (secondary N) is 1. The maximum Gasteiger partial charge on any atom is 0.225 e. The molecule has 1 aromatic rings. The van der Waals surface area contributed by atoms with Crippen molar-refractivity contribution in [2.75, 3.05) is 38.7 Å². The zero-order valence-electron chi connectivity index (χ0n) is 12.4. The van der Waals surface area contributed by atoms with E-state index < -0.39 is 0 Å². The van der Waals surface area contributed by atoms with E-state index in [0.717, 1.165) is 30.9 Å². The molecule has 0 saturated carbocycles. The largest absolute Gasteiger partial charge is 0.380 e. The average molecular weight is 279 g/mol. The standard InChI is InChI=1S/C15H25N3O2/c1-3-20-11-10-18(2)9-8-15(19)17-14-6-4-13(12-16)5-7-14/h4-7H,3,8-12,16H2,1-2H3,(H,17,19). The van der Waals surface area contributed by atoms with E-state index in [2.05, 4.69) is 10.2 Å². The predicted octanol–water partition coefficient (Wildman–Crippen LogP) is 1.44. The molecule has 5 nitrogen and oxygen atoms in total. The van der Waals surface area contributed by atoms with E-state index in [9.17, 15) is 4.79 Å². The van der Waals surface area contributed by atoms with E-state index >= 15 is 0 Å². The van der Waals surface area contributed by atoms with Gasteiger partial charge in [-0.05, 0) is 31.7 Å². The topological polar surface area (TPSA) is 67.6 Å². The second-order valence-corrected chi connectivity index (χ2v) is 4.70. The molecule has 0 aliphatic carbocycles. The molecule has 1 rings (SSSR count). The molecular weight excluding hydrogens is 254 g/mol. The minimum Gasteiger partial charge on any atom is -0.380 e.